The van der Waals surface area contributed by atoms with E-state index in [0.717, 1.165) is 26.1 Å². The molecule has 1 atom stereocenters. The first-order valence-electron chi connectivity index (χ1n) is 5.38. The molecular weight excluding hydrogens is 178 g/mol. The molecule has 0 aromatic carbocycles. The average molecular weight is 199 g/mol. The summed E-state index contributed by atoms with van der Waals surface area (Å²) in [5.74, 6) is 0.116. The van der Waals surface area contributed by atoms with Crippen LogP contribution in [0.3, 0.4) is 0 Å². The smallest absolute Gasteiger partial charge is 0.236 e. The van der Waals surface area contributed by atoms with Gasteiger partial charge >= 0.3 is 0 Å². The molecule has 1 fully saturated rings. The van der Waals surface area contributed by atoms with E-state index in [-0.39, 0.29) is 11.9 Å². The zero-order valence-electron chi connectivity index (χ0n) is 9.34. The van der Waals surface area contributed by atoms with Crippen molar-refractivity contribution < 1.29 is 4.79 Å². The average Bonchev–Trinajstić information content (AvgIpc) is 2.12. The molecule has 1 rings (SSSR count). The van der Waals surface area contributed by atoms with Crippen LogP contribution < -0.4 is 10.6 Å². The van der Waals surface area contributed by atoms with Gasteiger partial charge in [-0.2, -0.15) is 0 Å². The van der Waals surface area contributed by atoms with Gasteiger partial charge in [0.15, 0.2) is 0 Å². The Balaban J connectivity index is 2.51. The van der Waals surface area contributed by atoms with Crippen molar-refractivity contribution >= 4 is 5.91 Å². The molecule has 1 saturated heterocycles. The summed E-state index contributed by atoms with van der Waals surface area (Å²) < 4.78 is 0. The SMILES string of the molecule is CCCN(C1CNC1)C(C)C(=O)NC. The van der Waals surface area contributed by atoms with Crippen LogP contribution in [0.15, 0.2) is 0 Å². The number of carbonyl (C=O) groups excluding carboxylic acids is 1. The monoisotopic (exact) mass is 199 g/mol. The first-order valence-corrected chi connectivity index (χ1v) is 5.38. The van der Waals surface area contributed by atoms with Gasteiger partial charge in [0.2, 0.25) is 5.91 Å². The number of hydrogen-bond donors (Lipinski definition) is 2. The van der Waals surface area contributed by atoms with Gasteiger partial charge in [-0.3, -0.25) is 9.69 Å². The lowest BCUT2D eigenvalue weighted by molar-refractivity contribution is -0.126. The second-order valence-corrected chi connectivity index (χ2v) is 3.84. The molecule has 0 radical (unpaired) electrons. The predicted octanol–water partition coefficient (Wildman–Crippen LogP) is -0.195. The Labute approximate surface area is 86.0 Å². The van der Waals surface area contributed by atoms with E-state index in [1.165, 1.54) is 0 Å². The summed E-state index contributed by atoms with van der Waals surface area (Å²) in [4.78, 5) is 13.8. The van der Waals surface area contributed by atoms with Crippen molar-refractivity contribution in [2.75, 3.05) is 26.7 Å². The third-order valence-corrected chi connectivity index (χ3v) is 2.83. The van der Waals surface area contributed by atoms with Crippen molar-refractivity contribution in [2.45, 2.75) is 32.4 Å². The van der Waals surface area contributed by atoms with Crippen LogP contribution in [0.1, 0.15) is 20.3 Å². The molecule has 0 bridgehead atoms. The Morgan fingerprint density at radius 1 is 1.64 bits per heavy atom. The minimum atomic E-state index is -0.00736. The molecule has 0 saturated carbocycles. The van der Waals surface area contributed by atoms with Crippen LogP contribution >= 0.6 is 0 Å². The Bertz CT molecular complexity index is 192. The highest BCUT2D eigenvalue weighted by atomic mass is 16.2. The standard InChI is InChI=1S/C10H21N3O/c1-4-5-13(9-6-12-7-9)8(2)10(14)11-3/h8-9,12H,4-7H2,1-3H3,(H,11,14). The Morgan fingerprint density at radius 3 is 2.64 bits per heavy atom. The molecule has 1 amide bonds. The van der Waals surface area contributed by atoms with E-state index in [2.05, 4.69) is 22.5 Å². The largest absolute Gasteiger partial charge is 0.358 e. The highest BCUT2D eigenvalue weighted by Crippen LogP contribution is 2.10. The second kappa shape index (κ2) is 5.32. The van der Waals surface area contributed by atoms with E-state index >= 15 is 0 Å². The van der Waals surface area contributed by atoms with Gasteiger partial charge in [-0.15, -0.1) is 0 Å². The summed E-state index contributed by atoms with van der Waals surface area (Å²) in [5.41, 5.74) is 0. The molecule has 0 spiro atoms. The first kappa shape index (κ1) is 11.5. The zero-order valence-corrected chi connectivity index (χ0v) is 9.34. The van der Waals surface area contributed by atoms with E-state index in [1.54, 1.807) is 7.05 Å². The van der Waals surface area contributed by atoms with Crippen LogP contribution in [-0.2, 0) is 4.79 Å². The van der Waals surface area contributed by atoms with Gasteiger partial charge in [-0.25, -0.2) is 0 Å². The number of rotatable bonds is 5. The van der Waals surface area contributed by atoms with E-state index < -0.39 is 0 Å². The number of hydrogen-bond acceptors (Lipinski definition) is 3. The van der Waals surface area contributed by atoms with Gasteiger partial charge in [-0.1, -0.05) is 6.92 Å². The van der Waals surface area contributed by atoms with E-state index in [4.69, 9.17) is 0 Å². The normalized spacial score (nSPS) is 19.1. The summed E-state index contributed by atoms with van der Waals surface area (Å²) in [6, 6.07) is 0.536. The molecule has 82 valence electrons. The van der Waals surface area contributed by atoms with Crippen molar-refractivity contribution in [3.63, 3.8) is 0 Å². The Morgan fingerprint density at radius 2 is 2.29 bits per heavy atom. The molecule has 4 nitrogen and oxygen atoms in total. The molecule has 4 heteroatoms. The zero-order chi connectivity index (χ0) is 10.6. The highest BCUT2D eigenvalue weighted by Gasteiger charge is 2.30. The molecule has 0 aromatic rings. The fourth-order valence-corrected chi connectivity index (χ4v) is 1.82. The third-order valence-electron chi connectivity index (χ3n) is 2.83. The lowest BCUT2D eigenvalue weighted by atomic mass is 10.1. The molecule has 1 unspecified atom stereocenters. The summed E-state index contributed by atoms with van der Waals surface area (Å²) in [6.07, 6.45) is 1.10. The van der Waals surface area contributed by atoms with Gasteiger partial charge < -0.3 is 10.6 Å². The lowest BCUT2D eigenvalue weighted by Crippen LogP contribution is -2.61. The summed E-state index contributed by atoms with van der Waals surface area (Å²) in [7, 11) is 1.70. The molecule has 2 N–H and O–H groups in total. The maximum absolute atomic E-state index is 11.5. The fraction of sp³-hybridized carbons (Fsp3) is 0.900. The lowest BCUT2D eigenvalue weighted by Gasteiger charge is -2.41. The molecular formula is C10H21N3O. The maximum Gasteiger partial charge on any atom is 0.236 e. The van der Waals surface area contributed by atoms with Crippen molar-refractivity contribution in [3.05, 3.63) is 0 Å². The first-order chi connectivity index (χ1) is 6.70. The second-order valence-electron chi connectivity index (χ2n) is 3.84. The fourth-order valence-electron chi connectivity index (χ4n) is 1.82. The van der Waals surface area contributed by atoms with Crippen LogP contribution in [-0.4, -0.2) is 49.6 Å². The Kier molecular flexibility index (Phi) is 4.35. The van der Waals surface area contributed by atoms with E-state index in [1.807, 2.05) is 6.92 Å². The molecule has 0 aromatic heterocycles. The summed E-state index contributed by atoms with van der Waals surface area (Å²) in [6.45, 7) is 7.16. The number of carbonyl (C=O) groups is 1. The van der Waals surface area contributed by atoms with E-state index in [9.17, 15) is 4.79 Å². The highest BCUT2D eigenvalue weighted by molar-refractivity contribution is 5.81. The molecule has 1 heterocycles. The van der Waals surface area contributed by atoms with E-state index in [0.29, 0.717) is 6.04 Å². The number of amides is 1. The van der Waals surface area contributed by atoms with Crippen LogP contribution in [0.25, 0.3) is 0 Å². The molecule has 14 heavy (non-hydrogen) atoms. The van der Waals surface area contributed by atoms with Gasteiger partial charge in [0.25, 0.3) is 0 Å². The van der Waals surface area contributed by atoms with Crippen LogP contribution in [0.2, 0.25) is 0 Å². The van der Waals surface area contributed by atoms with Crippen molar-refractivity contribution in [3.8, 4) is 0 Å². The molecule has 1 aliphatic rings. The predicted molar refractivity (Wildman–Crippen MR) is 57.2 cm³/mol. The number of nitrogens with zero attached hydrogens (tertiary/aromatic N) is 1. The van der Waals surface area contributed by atoms with Crippen molar-refractivity contribution in [2.24, 2.45) is 0 Å². The van der Waals surface area contributed by atoms with Crippen molar-refractivity contribution in [1.82, 2.24) is 15.5 Å². The van der Waals surface area contributed by atoms with Gasteiger partial charge in [0, 0.05) is 26.2 Å². The maximum atomic E-state index is 11.5. The quantitative estimate of drug-likeness (QED) is 0.645. The molecule has 0 aliphatic carbocycles. The minimum Gasteiger partial charge on any atom is -0.358 e. The van der Waals surface area contributed by atoms with Crippen LogP contribution in [0.5, 0.6) is 0 Å². The van der Waals surface area contributed by atoms with Crippen molar-refractivity contribution in [1.29, 1.82) is 0 Å². The number of likely N-dealkylation sites (N-methyl/N-ethyl adjacent to an activating group) is 1. The summed E-state index contributed by atoms with van der Waals surface area (Å²) >= 11 is 0. The third kappa shape index (κ3) is 2.45. The van der Waals surface area contributed by atoms with Crippen LogP contribution in [0, 0.1) is 0 Å². The summed E-state index contributed by atoms with van der Waals surface area (Å²) in [5, 5.41) is 5.94. The van der Waals surface area contributed by atoms with Gasteiger partial charge in [0.05, 0.1) is 6.04 Å². The van der Waals surface area contributed by atoms with Gasteiger partial charge in [-0.05, 0) is 19.9 Å². The number of nitrogens with one attached hydrogen (secondary N) is 2. The van der Waals surface area contributed by atoms with Gasteiger partial charge in [0.1, 0.15) is 0 Å². The topological polar surface area (TPSA) is 44.4 Å². The Hall–Kier alpha value is -0.610. The molecule has 1 aliphatic heterocycles. The minimum absolute atomic E-state index is 0.00736. The van der Waals surface area contributed by atoms with Crippen LogP contribution in [0.4, 0.5) is 0 Å².